The highest BCUT2D eigenvalue weighted by atomic mass is 32.2. The molecule has 0 aromatic carbocycles. The third kappa shape index (κ3) is 2.32. The van der Waals surface area contributed by atoms with Crippen LogP contribution >= 0.6 is 11.8 Å². The van der Waals surface area contributed by atoms with E-state index in [2.05, 4.69) is 0 Å². The predicted octanol–water partition coefficient (Wildman–Crippen LogP) is 0.490. The van der Waals surface area contributed by atoms with Gasteiger partial charge in [-0.3, -0.25) is 4.79 Å². The Morgan fingerprint density at radius 2 is 2.06 bits per heavy atom. The molecule has 6 heteroatoms. The second-order valence-electron chi connectivity index (χ2n) is 3.99. The summed E-state index contributed by atoms with van der Waals surface area (Å²) in [5, 5.41) is 9.00. The largest absolute Gasteiger partial charge is 0.480 e. The molecule has 0 saturated carbocycles. The third-order valence-electron chi connectivity index (χ3n) is 3.12. The Morgan fingerprint density at radius 1 is 1.50 bits per heavy atom. The van der Waals surface area contributed by atoms with Crippen molar-refractivity contribution in [1.82, 2.24) is 4.90 Å². The van der Waals surface area contributed by atoms with Crippen molar-refractivity contribution in [3.63, 3.8) is 0 Å². The summed E-state index contributed by atoms with van der Waals surface area (Å²) in [4.78, 5) is 24.5. The molecule has 1 aliphatic heterocycles. The van der Waals surface area contributed by atoms with Crippen LogP contribution in [0.1, 0.15) is 26.7 Å². The van der Waals surface area contributed by atoms with Gasteiger partial charge in [-0.15, -0.1) is 11.8 Å². The first-order valence-corrected chi connectivity index (χ1v) is 6.52. The quantitative estimate of drug-likeness (QED) is 0.754. The Hall–Kier alpha value is -0.750. The van der Waals surface area contributed by atoms with Crippen LogP contribution in [0.5, 0.6) is 0 Å². The van der Waals surface area contributed by atoms with Crippen LogP contribution in [0.15, 0.2) is 0 Å². The Bertz CT molecular complexity index is 292. The topological polar surface area (TPSA) is 83.6 Å². The molecule has 92 valence electrons. The summed E-state index contributed by atoms with van der Waals surface area (Å²) in [5.74, 6) is -0.318. The molecule has 5 nitrogen and oxygen atoms in total. The van der Waals surface area contributed by atoms with Crippen LogP contribution in [0.3, 0.4) is 0 Å². The van der Waals surface area contributed by atoms with E-state index >= 15 is 0 Å². The Labute approximate surface area is 99.4 Å². The number of carbonyl (C=O) groups is 2. The van der Waals surface area contributed by atoms with E-state index in [1.165, 1.54) is 16.7 Å². The van der Waals surface area contributed by atoms with Gasteiger partial charge in [-0.25, -0.2) is 4.79 Å². The van der Waals surface area contributed by atoms with E-state index in [0.29, 0.717) is 24.5 Å². The van der Waals surface area contributed by atoms with Gasteiger partial charge in [0.15, 0.2) is 0 Å². The zero-order valence-electron chi connectivity index (χ0n) is 9.60. The van der Waals surface area contributed by atoms with Gasteiger partial charge in [0, 0.05) is 5.75 Å². The molecule has 1 unspecified atom stereocenters. The Balaban J connectivity index is 2.84. The van der Waals surface area contributed by atoms with Crippen LogP contribution in [0.2, 0.25) is 0 Å². The lowest BCUT2D eigenvalue weighted by Gasteiger charge is -2.32. The number of aliphatic carboxylic acids is 1. The van der Waals surface area contributed by atoms with Gasteiger partial charge in [0.1, 0.15) is 6.04 Å². The SMILES string of the molecule is CCC(N)(CC)C(=O)N1CSCC1C(=O)O. The average Bonchev–Trinajstić information content (AvgIpc) is 2.75. The van der Waals surface area contributed by atoms with E-state index < -0.39 is 17.6 Å². The lowest BCUT2D eigenvalue weighted by molar-refractivity contribution is -0.150. The lowest BCUT2D eigenvalue weighted by atomic mass is 9.92. The molecule has 16 heavy (non-hydrogen) atoms. The molecular formula is C10H18N2O3S. The van der Waals surface area contributed by atoms with Gasteiger partial charge in [-0.1, -0.05) is 13.8 Å². The molecule has 3 N–H and O–H groups in total. The highest BCUT2D eigenvalue weighted by Crippen LogP contribution is 2.26. The van der Waals surface area contributed by atoms with E-state index in [1.807, 2.05) is 13.8 Å². The Morgan fingerprint density at radius 3 is 2.50 bits per heavy atom. The molecular weight excluding hydrogens is 228 g/mol. The summed E-state index contributed by atoms with van der Waals surface area (Å²) < 4.78 is 0. The molecule has 1 heterocycles. The molecule has 0 aromatic heterocycles. The monoisotopic (exact) mass is 246 g/mol. The first-order valence-electron chi connectivity index (χ1n) is 5.36. The average molecular weight is 246 g/mol. The second kappa shape index (κ2) is 5.05. The summed E-state index contributed by atoms with van der Waals surface area (Å²) >= 11 is 1.45. The van der Waals surface area contributed by atoms with Crippen LogP contribution in [0, 0.1) is 0 Å². The number of nitrogens with two attached hydrogens (primary N) is 1. The van der Waals surface area contributed by atoms with Crippen LogP contribution < -0.4 is 5.73 Å². The summed E-state index contributed by atoms with van der Waals surface area (Å²) in [5.41, 5.74) is 5.07. The molecule has 1 saturated heterocycles. The van der Waals surface area contributed by atoms with Crippen LogP contribution in [0.25, 0.3) is 0 Å². The number of nitrogens with zero attached hydrogens (tertiary/aromatic N) is 1. The summed E-state index contributed by atoms with van der Waals surface area (Å²) in [6, 6.07) is -0.724. The van der Waals surface area contributed by atoms with E-state index in [4.69, 9.17) is 10.8 Å². The van der Waals surface area contributed by atoms with E-state index in [0.717, 1.165) is 0 Å². The second-order valence-corrected chi connectivity index (χ2v) is 4.99. The fourth-order valence-corrected chi connectivity index (χ4v) is 2.83. The third-order valence-corrected chi connectivity index (χ3v) is 4.13. The molecule has 1 fully saturated rings. The number of hydrogen-bond donors (Lipinski definition) is 2. The lowest BCUT2D eigenvalue weighted by Crippen LogP contribution is -2.57. The number of thioether (sulfide) groups is 1. The van der Waals surface area contributed by atoms with Crippen molar-refractivity contribution in [2.45, 2.75) is 38.3 Å². The van der Waals surface area contributed by atoms with Gasteiger partial charge in [0.25, 0.3) is 0 Å². The molecule has 0 radical (unpaired) electrons. The van der Waals surface area contributed by atoms with Crippen molar-refractivity contribution < 1.29 is 14.7 Å². The first-order chi connectivity index (χ1) is 7.46. The van der Waals surface area contributed by atoms with Gasteiger partial charge < -0.3 is 15.7 Å². The smallest absolute Gasteiger partial charge is 0.327 e. The van der Waals surface area contributed by atoms with Crippen molar-refractivity contribution in [3.8, 4) is 0 Å². The van der Waals surface area contributed by atoms with Gasteiger partial charge in [0.05, 0.1) is 11.4 Å². The molecule has 1 amide bonds. The first kappa shape index (κ1) is 13.3. The van der Waals surface area contributed by atoms with Crippen molar-refractivity contribution in [1.29, 1.82) is 0 Å². The number of rotatable bonds is 4. The van der Waals surface area contributed by atoms with Gasteiger partial charge in [-0.2, -0.15) is 0 Å². The minimum Gasteiger partial charge on any atom is -0.480 e. The molecule has 0 aliphatic carbocycles. The fourth-order valence-electron chi connectivity index (χ4n) is 1.69. The number of carboxylic acids is 1. The Kier molecular flexibility index (Phi) is 4.21. The summed E-state index contributed by atoms with van der Waals surface area (Å²) in [6.07, 6.45) is 1.05. The van der Waals surface area contributed by atoms with Crippen molar-refractivity contribution >= 4 is 23.6 Å². The zero-order valence-corrected chi connectivity index (χ0v) is 10.4. The summed E-state index contributed by atoms with van der Waals surface area (Å²) in [6.45, 7) is 3.70. The maximum atomic E-state index is 12.2. The summed E-state index contributed by atoms with van der Waals surface area (Å²) in [7, 11) is 0. The zero-order chi connectivity index (χ0) is 12.3. The normalized spacial score (nSPS) is 21.2. The number of amides is 1. The van der Waals surface area contributed by atoms with E-state index in [-0.39, 0.29) is 5.91 Å². The highest BCUT2D eigenvalue weighted by molar-refractivity contribution is 7.99. The number of carbonyl (C=O) groups excluding carboxylic acids is 1. The van der Waals surface area contributed by atoms with Crippen molar-refractivity contribution in [3.05, 3.63) is 0 Å². The fraction of sp³-hybridized carbons (Fsp3) is 0.800. The maximum Gasteiger partial charge on any atom is 0.327 e. The van der Waals surface area contributed by atoms with Gasteiger partial charge in [0.2, 0.25) is 5.91 Å². The molecule has 1 atom stereocenters. The molecule has 1 rings (SSSR count). The number of hydrogen-bond acceptors (Lipinski definition) is 4. The maximum absolute atomic E-state index is 12.2. The molecule has 0 aromatic rings. The standard InChI is InChI=1S/C10H18N2O3S/c1-3-10(11,4-2)9(15)12-6-16-5-7(12)8(13)14/h7H,3-6,11H2,1-2H3,(H,13,14). The minimum absolute atomic E-state index is 0.241. The van der Waals surface area contributed by atoms with Crippen LogP contribution in [-0.4, -0.2) is 45.1 Å². The van der Waals surface area contributed by atoms with Crippen molar-refractivity contribution in [2.24, 2.45) is 5.73 Å². The van der Waals surface area contributed by atoms with Crippen LogP contribution in [0.4, 0.5) is 0 Å². The minimum atomic E-state index is -0.951. The highest BCUT2D eigenvalue weighted by Gasteiger charge is 2.42. The van der Waals surface area contributed by atoms with Gasteiger partial charge >= 0.3 is 5.97 Å². The molecule has 1 aliphatic rings. The van der Waals surface area contributed by atoms with Crippen molar-refractivity contribution in [2.75, 3.05) is 11.6 Å². The predicted molar refractivity (Wildman–Crippen MR) is 63.1 cm³/mol. The molecule has 0 bridgehead atoms. The van der Waals surface area contributed by atoms with E-state index in [9.17, 15) is 9.59 Å². The molecule has 0 spiro atoms. The van der Waals surface area contributed by atoms with Gasteiger partial charge in [-0.05, 0) is 12.8 Å². The van der Waals surface area contributed by atoms with E-state index in [1.54, 1.807) is 0 Å². The van der Waals surface area contributed by atoms with Crippen LogP contribution in [-0.2, 0) is 9.59 Å². The number of carboxylic acid groups (broad SMARTS) is 1.